The Morgan fingerprint density at radius 3 is 2.24 bits per heavy atom. The van der Waals surface area contributed by atoms with Crippen molar-refractivity contribution in [3.05, 3.63) is 82.1 Å². The molecule has 1 atom stereocenters. The number of hydrogen-bond acceptors (Lipinski definition) is 2. The molecule has 1 unspecified atom stereocenters. The third-order valence-electron chi connectivity index (χ3n) is 3.30. The van der Waals surface area contributed by atoms with Gasteiger partial charge in [0, 0.05) is 21.8 Å². The molecule has 3 rings (SSSR count). The third kappa shape index (κ3) is 2.68. The first-order valence-electron chi connectivity index (χ1n) is 6.47. The van der Waals surface area contributed by atoms with Gasteiger partial charge in [0.1, 0.15) is 0 Å². The normalized spacial score (nSPS) is 12.3. The molecule has 0 saturated heterocycles. The van der Waals surface area contributed by atoms with E-state index in [9.17, 15) is 0 Å². The molecule has 106 valence electrons. The molecule has 3 aromatic rings. The molecule has 0 saturated carbocycles. The minimum Gasteiger partial charge on any atom is -0.319 e. The first kappa shape index (κ1) is 14.1. The second-order valence-electron chi connectivity index (χ2n) is 4.62. The van der Waals surface area contributed by atoms with Crippen molar-refractivity contribution >= 4 is 23.2 Å². The van der Waals surface area contributed by atoms with Crippen molar-refractivity contribution in [2.45, 2.75) is 6.04 Å². The molecule has 0 aliphatic carbocycles. The molecule has 0 bridgehead atoms. The number of nitrogens with two attached hydrogens (primary N) is 1. The van der Waals surface area contributed by atoms with Gasteiger partial charge in [0.25, 0.3) is 0 Å². The fourth-order valence-corrected chi connectivity index (χ4v) is 2.92. The smallest absolute Gasteiger partial charge is 0.0757 e. The van der Waals surface area contributed by atoms with Crippen LogP contribution < -0.4 is 5.73 Å². The zero-order valence-electron chi connectivity index (χ0n) is 11.1. The van der Waals surface area contributed by atoms with Gasteiger partial charge in [-0.1, -0.05) is 47.5 Å². The third-order valence-corrected chi connectivity index (χ3v) is 3.96. The Morgan fingerprint density at radius 1 is 0.905 bits per heavy atom. The zero-order valence-corrected chi connectivity index (χ0v) is 12.6. The van der Waals surface area contributed by atoms with Crippen LogP contribution in [0.25, 0.3) is 5.69 Å². The molecule has 0 radical (unpaired) electrons. The highest BCUT2D eigenvalue weighted by atomic mass is 35.5. The maximum atomic E-state index is 6.37. The fraction of sp³-hybridized carbons (Fsp3) is 0.0625. The predicted molar refractivity (Wildman–Crippen MR) is 86.1 cm³/mol. The van der Waals surface area contributed by atoms with E-state index in [1.807, 2.05) is 36.4 Å². The van der Waals surface area contributed by atoms with Gasteiger partial charge < -0.3 is 5.73 Å². The number of aromatic nitrogens is 2. The Kier molecular flexibility index (Phi) is 3.97. The molecule has 5 heteroatoms. The van der Waals surface area contributed by atoms with Crippen LogP contribution >= 0.6 is 23.2 Å². The minimum atomic E-state index is -0.450. The molecule has 2 N–H and O–H groups in total. The van der Waals surface area contributed by atoms with Crippen molar-refractivity contribution in [2.75, 3.05) is 0 Å². The lowest BCUT2D eigenvalue weighted by molar-refractivity contribution is 0.739. The van der Waals surface area contributed by atoms with Crippen LogP contribution in [0.1, 0.15) is 17.3 Å². The van der Waals surface area contributed by atoms with E-state index in [1.54, 1.807) is 29.1 Å². The summed E-state index contributed by atoms with van der Waals surface area (Å²) in [6.07, 6.45) is 1.72. The largest absolute Gasteiger partial charge is 0.319 e. The monoisotopic (exact) mass is 317 g/mol. The maximum Gasteiger partial charge on any atom is 0.0757 e. The van der Waals surface area contributed by atoms with Gasteiger partial charge in [-0.3, -0.25) is 0 Å². The van der Waals surface area contributed by atoms with Gasteiger partial charge in [-0.05, 0) is 30.3 Å². The van der Waals surface area contributed by atoms with E-state index >= 15 is 0 Å². The van der Waals surface area contributed by atoms with Crippen molar-refractivity contribution in [1.29, 1.82) is 0 Å². The van der Waals surface area contributed by atoms with Crippen molar-refractivity contribution in [3.8, 4) is 5.69 Å². The average Bonchev–Trinajstić information content (AvgIpc) is 2.97. The van der Waals surface area contributed by atoms with Gasteiger partial charge in [0.15, 0.2) is 0 Å². The number of para-hydroxylation sites is 1. The van der Waals surface area contributed by atoms with E-state index in [-0.39, 0.29) is 0 Å². The van der Waals surface area contributed by atoms with E-state index in [2.05, 4.69) is 5.10 Å². The summed E-state index contributed by atoms with van der Waals surface area (Å²) in [6, 6.07) is 16.6. The van der Waals surface area contributed by atoms with Crippen molar-refractivity contribution in [3.63, 3.8) is 0 Å². The van der Waals surface area contributed by atoms with Crippen molar-refractivity contribution in [1.82, 2.24) is 9.78 Å². The summed E-state index contributed by atoms with van der Waals surface area (Å²) in [6.45, 7) is 0. The first-order chi connectivity index (χ1) is 10.2. The lowest BCUT2D eigenvalue weighted by atomic mass is 10.0. The zero-order chi connectivity index (χ0) is 14.8. The minimum absolute atomic E-state index is 0.450. The average molecular weight is 318 g/mol. The summed E-state index contributed by atoms with van der Waals surface area (Å²) in [4.78, 5) is 0. The Balaban J connectivity index is 2.08. The molecule has 3 nitrogen and oxygen atoms in total. The SMILES string of the molecule is NC(c1c(Cl)cccc1Cl)c1ccnn1-c1ccccc1. The molecule has 0 spiro atoms. The molecule has 0 amide bonds. The van der Waals surface area contributed by atoms with E-state index < -0.39 is 6.04 Å². The lowest BCUT2D eigenvalue weighted by Crippen LogP contribution is -2.17. The highest BCUT2D eigenvalue weighted by Crippen LogP contribution is 2.33. The van der Waals surface area contributed by atoms with Gasteiger partial charge in [-0.25, -0.2) is 4.68 Å². The highest BCUT2D eigenvalue weighted by molar-refractivity contribution is 6.36. The van der Waals surface area contributed by atoms with Crippen LogP contribution in [-0.2, 0) is 0 Å². The molecule has 1 aromatic heterocycles. The number of rotatable bonds is 3. The Morgan fingerprint density at radius 2 is 1.57 bits per heavy atom. The summed E-state index contributed by atoms with van der Waals surface area (Å²) in [5.74, 6) is 0. The van der Waals surface area contributed by atoms with E-state index in [1.165, 1.54) is 0 Å². The van der Waals surface area contributed by atoms with E-state index in [0.29, 0.717) is 15.6 Å². The Hall–Kier alpha value is -1.81. The lowest BCUT2D eigenvalue weighted by Gasteiger charge is -2.17. The van der Waals surface area contributed by atoms with Gasteiger partial charge >= 0.3 is 0 Å². The van der Waals surface area contributed by atoms with Crippen LogP contribution in [0.2, 0.25) is 10.0 Å². The number of hydrogen-bond donors (Lipinski definition) is 1. The number of benzene rings is 2. The van der Waals surface area contributed by atoms with Crippen molar-refractivity contribution < 1.29 is 0 Å². The van der Waals surface area contributed by atoms with Crippen LogP contribution in [-0.4, -0.2) is 9.78 Å². The summed E-state index contributed by atoms with van der Waals surface area (Å²) in [7, 11) is 0. The van der Waals surface area contributed by atoms with Crippen LogP contribution in [0.3, 0.4) is 0 Å². The Labute approximate surface area is 132 Å². The topological polar surface area (TPSA) is 43.8 Å². The molecule has 0 aliphatic rings. The Bertz CT molecular complexity index is 733. The molecular formula is C16H13Cl2N3. The summed E-state index contributed by atoms with van der Waals surface area (Å²) >= 11 is 12.5. The number of halogens is 2. The highest BCUT2D eigenvalue weighted by Gasteiger charge is 2.20. The van der Waals surface area contributed by atoms with E-state index in [4.69, 9.17) is 28.9 Å². The first-order valence-corrected chi connectivity index (χ1v) is 7.23. The predicted octanol–water partition coefficient (Wildman–Crippen LogP) is 4.23. The van der Waals surface area contributed by atoms with Crippen molar-refractivity contribution in [2.24, 2.45) is 5.73 Å². The standard InChI is InChI=1S/C16H13Cl2N3/c17-12-7-4-8-13(18)15(12)16(19)14-9-10-20-21(14)11-5-2-1-3-6-11/h1-10,16H,19H2. The second-order valence-corrected chi connectivity index (χ2v) is 5.43. The van der Waals surface area contributed by atoms with Gasteiger partial charge in [-0.15, -0.1) is 0 Å². The van der Waals surface area contributed by atoms with Crippen LogP contribution in [0.4, 0.5) is 0 Å². The number of nitrogens with zero attached hydrogens (tertiary/aromatic N) is 2. The molecule has 21 heavy (non-hydrogen) atoms. The molecule has 0 fully saturated rings. The summed E-state index contributed by atoms with van der Waals surface area (Å²) in [5, 5.41) is 5.45. The van der Waals surface area contributed by atoms with Gasteiger partial charge in [0.2, 0.25) is 0 Å². The van der Waals surface area contributed by atoms with Crippen LogP contribution in [0, 0.1) is 0 Å². The summed E-state index contributed by atoms with van der Waals surface area (Å²) < 4.78 is 1.80. The van der Waals surface area contributed by atoms with Gasteiger partial charge in [0.05, 0.1) is 17.4 Å². The van der Waals surface area contributed by atoms with Crippen LogP contribution in [0.5, 0.6) is 0 Å². The molecular weight excluding hydrogens is 305 g/mol. The van der Waals surface area contributed by atoms with Crippen LogP contribution in [0.15, 0.2) is 60.8 Å². The molecule has 0 aliphatic heterocycles. The van der Waals surface area contributed by atoms with Gasteiger partial charge in [-0.2, -0.15) is 5.10 Å². The molecule has 2 aromatic carbocycles. The molecule has 1 heterocycles. The quantitative estimate of drug-likeness (QED) is 0.785. The second kappa shape index (κ2) is 5.90. The maximum absolute atomic E-state index is 6.37. The summed E-state index contributed by atoms with van der Waals surface area (Å²) in [5.41, 5.74) is 8.85. The fourth-order valence-electron chi connectivity index (χ4n) is 2.29. The van der Waals surface area contributed by atoms with E-state index in [0.717, 1.165) is 11.4 Å².